The van der Waals surface area contributed by atoms with Crippen molar-refractivity contribution in [1.29, 1.82) is 0 Å². The van der Waals surface area contributed by atoms with Crippen molar-refractivity contribution in [2.24, 2.45) is 0 Å². The number of anilines is 1. The molecule has 0 aliphatic carbocycles. The van der Waals surface area contributed by atoms with Crippen molar-refractivity contribution in [1.82, 2.24) is 10.3 Å². The molecule has 1 aromatic carbocycles. The van der Waals surface area contributed by atoms with E-state index in [9.17, 15) is 9.59 Å². The number of aromatic nitrogens is 1. The van der Waals surface area contributed by atoms with Crippen LogP contribution in [0.3, 0.4) is 0 Å². The standard InChI is InChI=1S/C15H16BrN3O2S/c1-10(20)17-8-11-2-4-12(5-3-11)13-9-22-15(18-13)19-14(21)6-7-16/h2-5,9H,6-8H2,1H3,(H,17,20)(H,18,19,21). The number of rotatable bonds is 6. The highest BCUT2D eigenvalue weighted by Gasteiger charge is 2.07. The van der Waals surface area contributed by atoms with E-state index in [2.05, 4.69) is 31.5 Å². The van der Waals surface area contributed by atoms with Gasteiger partial charge in [-0.3, -0.25) is 9.59 Å². The van der Waals surface area contributed by atoms with Gasteiger partial charge in [0.05, 0.1) is 5.69 Å². The molecule has 0 saturated heterocycles. The number of carbonyl (C=O) groups excluding carboxylic acids is 2. The third kappa shape index (κ3) is 4.92. The first-order chi connectivity index (χ1) is 10.6. The highest BCUT2D eigenvalue weighted by atomic mass is 79.9. The van der Waals surface area contributed by atoms with Gasteiger partial charge in [-0.15, -0.1) is 11.3 Å². The second-order valence-electron chi connectivity index (χ2n) is 4.63. The monoisotopic (exact) mass is 381 g/mol. The molecule has 116 valence electrons. The third-order valence-electron chi connectivity index (χ3n) is 2.86. The van der Waals surface area contributed by atoms with E-state index in [-0.39, 0.29) is 11.8 Å². The van der Waals surface area contributed by atoms with Gasteiger partial charge in [0, 0.05) is 36.2 Å². The molecular formula is C15H16BrN3O2S. The van der Waals surface area contributed by atoms with E-state index in [1.165, 1.54) is 18.3 Å². The van der Waals surface area contributed by atoms with Crippen LogP contribution in [0, 0.1) is 0 Å². The number of hydrogen-bond acceptors (Lipinski definition) is 4. The average molecular weight is 382 g/mol. The van der Waals surface area contributed by atoms with Crippen LogP contribution in [0.4, 0.5) is 5.13 Å². The Bertz CT molecular complexity index is 655. The summed E-state index contributed by atoms with van der Waals surface area (Å²) in [5, 5.41) is 8.66. The Hall–Kier alpha value is -1.73. The number of hydrogen-bond donors (Lipinski definition) is 2. The number of nitrogens with one attached hydrogen (secondary N) is 2. The second-order valence-corrected chi connectivity index (χ2v) is 6.28. The lowest BCUT2D eigenvalue weighted by molar-refractivity contribution is -0.119. The van der Waals surface area contributed by atoms with Crippen LogP contribution in [0.25, 0.3) is 11.3 Å². The first-order valence-corrected chi connectivity index (χ1v) is 8.73. The fourth-order valence-electron chi connectivity index (χ4n) is 1.75. The molecule has 2 amide bonds. The molecule has 2 N–H and O–H groups in total. The van der Waals surface area contributed by atoms with Crippen molar-refractivity contribution in [3.05, 3.63) is 35.2 Å². The third-order valence-corrected chi connectivity index (χ3v) is 4.02. The largest absolute Gasteiger partial charge is 0.352 e. The Morgan fingerprint density at radius 3 is 2.64 bits per heavy atom. The summed E-state index contributed by atoms with van der Waals surface area (Å²) in [6.07, 6.45) is 0.423. The number of nitrogens with zero attached hydrogens (tertiary/aromatic N) is 1. The smallest absolute Gasteiger partial charge is 0.226 e. The Morgan fingerprint density at radius 1 is 1.27 bits per heavy atom. The van der Waals surface area contributed by atoms with Gasteiger partial charge in [-0.05, 0) is 5.56 Å². The molecule has 0 saturated carbocycles. The molecule has 2 aromatic rings. The number of amides is 2. The quantitative estimate of drug-likeness (QED) is 0.754. The number of alkyl halides is 1. The fourth-order valence-corrected chi connectivity index (χ4v) is 2.85. The van der Waals surface area contributed by atoms with Crippen LogP contribution in [0.1, 0.15) is 18.9 Å². The molecule has 7 heteroatoms. The SMILES string of the molecule is CC(=O)NCc1ccc(-c2csc(NC(=O)CCBr)n2)cc1. The van der Waals surface area contributed by atoms with Gasteiger partial charge in [-0.1, -0.05) is 40.2 Å². The summed E-state index contributed by atoms with van der Waals surface area (Å²) in [4.78, 5) is 26.8. The molecule has 0 unspecified atom stereocenters. The van der Waals surface area contributed by atoms with Crippen molar-refractivity contribution in [3.63, 3.8) is 0 Å². The molecular weight excluding hydrogens is 366 g/mol. The van der Waals surface area contributed by atoms with Gasteiger partial charge in [0.15, 0.2) is 5.13 Å². The summed E-state index contributed by atoms with van der Waals surface area (Å²) in [5.74, 6) is -0.101. The maximum atomic E-state index is 11.5. The molecule has 0 radical (unpaired) electrons. The van der Waals surface area contributed by atoms with Crippen LogP contribution in [0.5, 0.6) is 0 Å². The highest BCUT2D eigenvalue weighted by molar-refractivity contribution is 9.09. The molecule has 0 spiro atoms. The predicted molar refractivity (Wildman–Crippen MR) is 92.1 cm³/mol. The van der Waals surface area contributed by atoms with Gasteiger partial charge in [0.1, 0.15) is 0 Å². The maximum Gasteiger partial charge on any atom is 0.226 e. The zero-order valence-electron chi connectivity index (χ0n) is 12.1. The van der Waals surface area contributed by atoms with Crippen LogP contribution in [-0.2, 0) is 16.1 Å². The summed E-state index contributed by atoms with van der Waals surface area (Å²) < 4.78 is 0. The average Bonchev–Trinajstić information content (AvgIpc) is 2.94. The van der Waals surface area contributed by atoms with E-state index in [0.717, 1.165) is 16.8 Å². The van der Waals surface area contributed by atoms with Gasteiger partial charge in [0.25, 0.3) is 0 Å². The van der Waals surface area contributed by atoms with Crippen molar-refractivity contribution >= 4 is 44.2 Å². The zero-order valence-corrected chi connectivity index (χ0v) is 14.5. The Labute approximate surface area is 141 Å². The Morgan fingerprint density at radius 2 is 2.00 bits per heavy atom. The molecule has 22 heavy (non-hydrogen) atoms. The van der Waals surface area contributed by atoms with Crippen LogP contribution in [-0.4, -0.2) is 22.1 Å². The minimum atomic E-state index is -0.0524. The van der Waals surface area contributed by atoms with E-state index < -0.39 is 0 Å². The molecule has 0 aliphatic rings. The molecule has 1 heterocycles. The van der Waals surface area contributed by atoms with Gasteiger partial charge in [-0.25, -0.2) is 4.98 Å². The first kappa shape index (κ1) is 16.6. The van der Waals surface area contributed by atoms with Gasteiger partial charge in [0.2, 0.25) is 11.8 Å². The fraction of sp³-hybridized carbons (Fsp3) is 0.267. The number of benzene rings is 1. The molecule has 2 rings (SSSR count). The summed E-state index contributed by atoms with van der Waals surface area (Å²) in [7, 11) is 0. The normalized spacial score (nSPS) is 10.3. The van der Waals surface area contributed by atoms with Crippen molar-refractivity contribution < 1.29 is 9.59 Å². The van der Waals surface area contributed by atoms with Crippen LogP contribution in [0.15, 0.2) is 29.6 Å². The summed E-state index contributed by atoms with van der Waals surface area (Å²) in [5.41, 5.74) is 2.83. The minimum absolute atomic E-state index is 0.0487. The molecule has 5 nitrogen and oxygen atoms in total. The van der Waals surface area contributed by atoms with E-state index in [0.29, 0.717) is 23.4 Å². The lowest BCUT2D eigenvalue weighted by Crippen LogP contribution is -2.18. The topological polar surface area (TPSA) is 71.1 Å². The maximum absolute atomic E-state index is 11.5. The number of halogens is 1. The summed E-state index contributed by atoms with van der Waals surface area (Å²) in [6.45, 7) is 2.01. The Kier molecular flexibility index (Phi) is 6.09. The molecule has 1 aromatic heterocycles. The second kappa shape index (κ2) is 8.05. The summed E-state index contributed by atoms with van der Waals surface area (Å²) >= 11 is 4.63. The van der Waals surface area contributed by atoms with E-state index in [1.807, 2.05) is 29.6 Å². The van der Waals surface area contributed by atoms with Crippen LogP contribution in [0.2, 0.25) is 0 Å². The molecule has 0 fully saturated rings. The lowest BCUT2D eigenvalue weighted by atomic mass is 10.1. The van der Waals surface area contributed by atoms with Crippen LogP contribution >= 0.6 is 27.3 Å². The highest BCUT2D eigenvalue weighted by Crippen LogP contribution is 2.25. The predicted octanol–water partition coefficient (Wildman–Crippen LogP) is 3.17. The number of carbonyl (C=O) groups is 2. The Balaban J connectivity index is 2.01. The van der Waals surface area contributed by atoms with Gasteiger partial charge in [-0.2, -0.15) is 0 Å². The van der Waals surface area contributed by atoms with E-state index in [4.69, 9.17) is 0 Å². The van der Waals surface area contributed by atoms with E-state index >= 15 is 0 Å². The lowest BCUT2D eigenvalue weighted by Gasteiger charge is -2.03. The molecule has 0 aliphatic heterocycles. The molecule has 0 bridgehead atoms. The van der Waals surface area contributed by atoms with Crippen molar-refractivity contribution in [2.75, 3.05) is 10.6 Å². The van der Waals surface area contributed by atoms with Crippen molar-refractivity contribution in [2.45, 2.75) is 19.9 Å². The first-order valence-electron chi connectivity index (χ1n) is 6.73. The number of thiazole rings is 1. The van der Waals surface area contributed by atoms with E-state index in [1.54, 1.807) is 0 Å². The summed E-state index contributed by atoms with van der Waals surface area (Å²) in [6, 6.07) is 7.81. The minimum Gasteiger partial charge on any atom is -0.352 e. The van der Waals surface area contributed by atoms with Gasteiger partial charge >= 0.3 is 0 Å². The molecule has 0 atom stereocenters. The van der Waals surface area contributed by atoms with Crippen molar-refractivity contribution in [3.8, 4) is 11.3 Å². The zero-order chi connectivity index (χ0) is 15.9. The van der Waals surface area contributed by atoms with Crippen LogP contribution < -0.4 is 10.6 Å². The van der Waals surface area contributed by atoms with Gasteiger partial charge < -0.3 is 10.6 Å².